The molecule has 2 aromatic rings. The third-order valence-corrected chi connectivity index (χ3v) is 6.29. The van der Waals surface area contributed by atoms with Crippen LogP contribution in [0.5, 0.6) is 11.5 Å². The van der Waals surface area contributed by atoms with Crippen LogP contribution in [-0.4, -0.2) is 59.9 Å². The van der Waals surface area contributed by atoms with E-state index in [0.717, 1.165) is 16.0 Å². The minimum absolute atomic E-state index is 0.129. The summed E-state index contributed by atoms with van der Waals surface area (Å²) in [6.07, 6.45) is 0.599. The normalized spacial score (nSPS) is 19.5. The number of non-ortho nitro benzene ring substituents is 1. The summed E-state index contributed by atoms with van der Waals surface area (Å²) >= 11 is 0. The van der Waals surface area contributed by atoms with Gasteiger partial charge in [0, 0.05) is 25.2 Å². The molecule has 2 aliphatic rings. The Hall–Kier alpha value is -4.15. The molecule has 0 aromatic heterocycles. The summed E-state index contributed by atoms with van der Waals surface area (Å²) in [4.78, 5) is 51.6. The van der Waals surface area contributed by atoms with Crippen LogP contribution in [-0.2, 0) is 28.1 Å². The van der Waals surface area contributed by atoms with Gasteiger partial charge in [0.15, 0.2) is 11.5 Å². The smallest absolute Gasteiger partial charge is 0.325 e. The molecule has 4 amide bonds. The van der Waals surface area contributed by atoms with Crippen molar-refractivity contribution in [2.24, 2.45) is 0 Å². The van der Waals surface area contributed by atoms with Crippen molar-refractivity contribution in [3.63, 3.8) is 0 Å². The molecule has 1 saturated heterocycles. The number of hydrogen-bond donors (Lipinski definition) is 1. The van der Waals surface area contributed by atoms with Gasteiger partial charge < -0.3 is 19.7 Å². The van der Waals surface area contributed by atoms with Gasteiger partial charge in [0.05, 0.1) is 19.1 Å². The molecule has 178 valence electrons. The lowest BCUT2D eigenvalue weighted by atomic mass is 9.92. The van der Waals surface area contributed by atoms with E-state index in [-0.39, 0.29) is 11.6 Å². The topological polar surface area (TPSA) is 131 Å². The number of hydrogen-bond acceptors (Lipinski definition) is 7. The quantitative estimate of drug-likeness (QED) is 0.389. The largest absolute Gasteiger partial charge is 0.493 e. The summed E-state index contributed by atoms with van der Waals surface area (Å²) in [7, 11) is 3.10. The molecule has 2 heterocycles. The maximum atomic E-state index is 13.1. The number of methoxy groups -OCH3 is 2. The van der Waals surface area contributed by atoms with Crippen LogP contribution < -0.4 is 14.8 Å². The second-order valence-corrected chi connectivity index (χ2v) is 8.29. The van der Waals surface area contributed by atoms with Gasteiger partial charge in [0.25, 0.3) is 11.6 Å². The minimum Gasteiger partial charge on any atom is -0.493 e. The summed E-state index contributed by atoms with van der Waals surface area (Å²) in [6.45, 7) is 1.86. The van der Waals surface area contributed by atoms with E-state index in [9.17, 15) is 24.5 Å². The number of nitro benzene ring substituents is 1. The fourth-order valence-electron chi connectivity index (χ4n) is 4.28. The van der Waals surface area contributed by atoms with Crippen LogP contribution >= 0.6 is 0 Å². The van der Waals surface area contributed by atoms with E-state index in [1.165, 1.54) is 38.3 Å². The van der Waals surface area contributed by atoms with Crippen molar-refractivity contribution < 1.29 is 28.8 Å². The predicted molar refractivity (Wildman–Crippen MR) is 119 cm³/mol. The molecule has 1 atom stereocenters. The van der Waals surface area contributed by atoms with Gasteiger partial charge in [0.2, 0.25) is 5.91 Å². The van der Waals surface area contributed by atoms with E-state index in [4.69, 9.17) is 9.47 Å². The lowest BCUT2D eigenvalue weighted by Gasteiger charge is -2.30. The average molecular weight is 468 g/mol. The van der Waals surface area contributed by atoms with Crippen LogP contribution in [0.25, 0.3) is 0 Å². The first-order chi connectivity index (χ1) is 16.2. The molecular weight excluding hydrogens is 444 g/mol. The van der Waals surface area contributed by atoms with Crippen LogP contribution in [0.3, 0.4) is 0 Å². The van der Waals surface area contributed by atoms with Crippen LogP contribution in [0.1, 0.15) is 23.6 Å². The van der Waals surface area contributed by atoms with Gasteiger partial charge in [-0.25, -0.2) is 4.79 Å². The van der Waals surface area contributed by atoms with E-state index in [1.807, 2.05) is 12.1 Å². The lowest BCUT2D eigenvalue weighted by Crippen LogP contribution is -2.45. The number of ether oxygens (including phenoxy) is 2. The molecule has 2 aliphatic heterocycles. The molecule has 1 unspecified atom stereocenters. The molecule has 1 fully saturated rings. The number of benzene rings is 2. The van der Waals surface area contributed by atoms with Gasteiger partial charge in [-0.3, -0.25) is 24.6 Å². The van der Waals surface area contributed by atoms with Gasteiger partial charge >= 0.3 is 6.03 Å². The summed E-state index contributed by atoms with van der Waals surface area (Å²) < 4.78 is 10.7. The number of nitro groups is 1. The Bertz CT molecular complexity index is 1180. The number of amides is 4. The molecule has 34 heavy (non-hydrogen) atoms. The van der Waals surface area contributed by atoms with Crippen LogP contribution in [0, 0.1) is 10.1 Å². The van der Waals surface area contributed by atoms with Crippen molar-refractivity contribution in [1.82, 2.24) is 15.1 Å². The second kappa shape index (κ2) is 8.65. The van der Waals surface area contributed by atoms with Crippen molar-refractivity contribution >= 4 is 23.5 Å². The summed E-state index contributed by atoms with van der Waals surface area (Å²) in [5.74, 6) is 0.217. The van der Waals surface area contributed by atoms with Gasteiger partial charge in [-0.1, -0.05) is 0 Å². The molecule has 0 bridgehead atoms. The fourth-order valence-corrected chi connectivity index (χ4v) is 4.28. The average Bonchev–Trinajstić information content (AvgIpc) is 3.06. The molecule has 1 N–H and O–H groups in total. The zero-order valence-corrected chi connectivity index (χ0v) is 19.0. The zero-order chi connectivity index (χ0) is 24.6. The molecule has 0 aliphatic carbocycles. The summed E-state index contributed by atoms with van der Waals surface area (Å²) in [5.41, 5.74) is 0.785. The maximum absolute atomic E-state index is 13.1. The first-order valence-corrected chi connectivity index (χ1v) is 10.6. The first kappa shape index (κ1) is 23.0. The molecule has 2 aromatic carbocycles. The van der Waals surface area contributed by atoms with Gasteiger partial charge in [-0.2, -0.15) is 0 Å². The lowest BCUT2D eigenvalue weighted by molar-refractivity contribution is -0.384. The highest BCUT2D eigenvalue weighted by Gasteiger charge is 2.49. The Morgan fingerprint density at radius 2 is 1.74 bits per heavy atom. The monoisotopic (exact) mass is 468 g/mol. The standard InChI is InChI=1S/C23H24N4O7/c1-23(16-4-6-17(7-5-16)27(31)32)21(29)26(22(30)24-23)13-20(28)25-9-8-14-10-18(33-2)19(34-3)11-15(14)12-25/h4-7,10-11H,8-9,12-13H2,1-3H3,(H,24,30). The highest BCUT2D eigenvalue weighted by molar-refractivity contribution is 6.09. The summed E-state index contributed by atoms with van der Waals surface area (Å²) in [5, 5.41) is 13.5. The SMILES string of the molecule is COc1cc2c(cc1OC)CN(C(=O)CN1C(=O)NC(C)(c3ccc([N+](=O)[O-])cc3)C1=O)CC2. The number of urea groups is 1. The Morgan fingerprint density at radius 3 is 2.32 bits per heavy atom. The van der Waals surface area contributed by atoms with Gasteiger partial charge in [-0.15, -0.1) is 0 Å². The Balaban J connectivity index is 1.49. The molecule has 0 spiro atoms. The molecule has 0 radical (unpaired) electrons. The Kier molecular flexibility index (Phi) is 5.86. The van der Waals surface area contributed by atoms with E-state index < -0.39 is 28.9 Å². The molecular formula is C23H24N4O7. The van der Waals surface area contributed by atoms with Crippen LogP contribution in [0.4, 0.5) is 10.5 Å². The zero-order valence-electron chi connectivity index (χ0n) is 19.0. The maximum Gasteiger partial charge on any atom is 0.325 e. The van der Waals surface area contributed by atoms with Crippen molar-refractivity contribution in [1.29, 1.82) is 0 Å². The molecule has 4 rings (SSSR count). The number of fused-ring (bicyclic) bond motifs is 1. The predicted octanol–water partition coefficient (Wildman–Crippen LogP) is 1.96. The van der Waals surface area contributed by atoms with Crippen LogP contribution in [0.15, 0.2) is 36.4 Å². The number of rotatable bonds is 6. The number of carbonyl (C=O) groups is 3. The Labute approximate surface area is 195 Å². The molecule has 11 heteroatoms. The molecule has 11 nitrogen and oxygen atoms in total. The Morgan fingerprint density at radius 1 is 1.12 bits per heavy atom. The summed E-state index contributed by atoms with van der Waals surface area (Å²) in [6, 6.07) is 8.40. The molecule has 0 saturated carbocycles. The second-order valence-electron chi connectivity index (χ2n) is 8.29. The highest BCUT2D eigenvalue weighted by atomic mass is 16.6. The third-order valence-electron chi connectivity index (χ3n) is 6.29. The highest BCUT2D eigenvalue weighted by Crippen LogP contribution is 2.34. The number of carbonyl (C=O) groups excluding carboxylic acids is 3. The minimum atomic E-state index is -1.43. The number of nitrogens with one attached hydrogen (secondary N) is 1. The van der Waals surface area contributed by atoms with Crippen molar-refractivity contribution in [2.75, 3.05) is 27.3 Å². The van der Waals surface area contributed by atoms with E-state index in [0.29, 0.717) is 36.6 Å². The van der Waals surface area contributed by atoms with Gasteiger partial charge in [0.1, 0.15) is 12.1 Å². The van der Waals surface area contributed by atoms with E-state index in [1.54, 1.807) is 12.0 Å². The van der Waals surface area contributed by atoms with Crippen molar-refractivity contribution in [3.8, 4) is 11.5 Å². The number of nitrogens with zero attached hydrogens (tertiary/aromatic N) is 3. The first-order valence-electron chi connectivity index (χ1n) is 10.6. The van der Waals surface area contributed by atoms with Crippen LogP contribution in [0.2, 0.25) is 0 Å². The van der Waals surface area contributed by atoms with Crippen molar-refractivity contribution in [3.05, 3.63) is 63.2 Å². The van der Waals surface area contributed by atoms with Crippen molar-refractivity contribution in [2.45, 2.75) is 25.4 Å². The fraction of sp³-hybridized carbons (Fsp3) is 0.348. The van der Waals surface area contributed by atoms with E-state index in [2.05, 4.69) is 5.32 Å². The van der Waals surface area contributed by atoms with E-state index >= 15 is 0 Å². The number of imide groups is 1. The van der Waals surface area contributed by atoms with Gasteiger partial charge in [-0.05, 0) is 54.3 Å². The third kappa shape index (κ3) is 3.89.